The molecular weight excluding hydrogens is 396 g/mol. The molecule has 0 aliphatic rings. The first-order valence-corrected chi connectivity index (χ1v) is 10.3. The third kappa shape index (κ3) is 5.52. The van der Waals surface area contributed by atoms with Crippen LogP contribution in [0.25, 0.3) is 22.3 Å². The first kappa shape index (κ1) is 22.6. The number of hydrogen-bond donors (Lipinski definition) is 3. The Hall–Kier alpha value is -3.13. The molecule has 166 valence electrons. The number of benzene rings is 1. The van der Waals surface area contributed by atoms with E-state index in [9.17, 15) is 9.90 Å². The van der Waals surface area contributed by atoms with E-state index in [1.807, 2.05) is 38.1 Å². The van der Waals surface area contributed by atoms with Gasteiger partial charge in [0.15, 0.2) is 5.65 Å². The molecule has 1 atom stereocenters. The molecule has 3 aromatic rings. The van der Waals surface area contributed by atoms with Crippen LogP contribution in [-0.4, -0.2) is 45.4 Å². The maximum Gasteiger partial charge on any atom is 0.405 e. The molecule has 0 spiro atoms. The number of pyridine rings is 1. The molecule has 2 aromatic heterocycles. The Morgan fingerprint density at radius 2 is 2.10 bits per heavy atom. The van der Waals surface area contributed by atoms with Gasteiger partial charge in [-0.1, -0.05) is 19.9 Å². The number of fused-ring (bicyclic) bond motifs is 1. The van der Waals surface area contributed by atoms with Gasteiger partial charge in [0, 0.05) is 18.9 Å². The van der Waals surface area contributed by atoms with E-state index in [0.29, 0.717) is 24.6 Å². The second-order valence-electron chi connectivity index (χ2n) is 8.53. The first-order chi connectivity index (χ1) is 14.7. The molecule has 31 heavy (non-hydrogen) atoms. The number of H-pyrrole nitrogens is 1. The number of rotatable bonds is 9. The van der Waals surface area contributed by atoms with Gasteiger partial charge < -0.3 is 24.9 Å². The van der Waals surface area contributed by atoms with Crippen molar-refractivity contribution in [2.24, 2.45) is 5.92 Å². The summed E-state index contributed by atoms with van der Waals surface area (Å²) < 4.78 is 11.2. The smallest absolute Gasteiger partial charge is 0.405 e. The number of aryl methyl sites for hydroxylation is 1. The topological polar surface area (TPSA) is 109 Å². The highest BCUT2D eigenvalue weighted by atomic mass is 16.5. The number of ether oxygens (including phenoxy) is 2. The molecule has 0 bridgehead atoms. The third-order valence-electron chi connectivity index (χ3n) is 5.01. The van der Waals surface area contributed by atoms with Crippen LogP contribution >= 0.6 is 0 Å². The zero-order valence-corrected chi connectivity index (χ0v) is 18.7. The summed E-state index contributed by atoms with van der Waals surface area (Å²) in [6.45, 7) is 8.60. The van der Waals surface area contributed by atoms with Crippen molar-refractivity contribution in [3.63, 3.8) is 0 Å². The Kier molecular flexibility index (Phi) is 6.80. The van der Waals surface area contributed by atoms with Crippen LogP contribution in [0.3, 0.4) is 0 Å². The minimum Gasteiger partial charge on any atom is -0.491 e. The van der Waals surface area contributed by atoms with E-state index in [2.05, 4.69) is 34.1 Å². The summed E-state index contributed by atoms with van der Waals surface area (Å²) in [5, 5.41) is 11.8. The standard InChI is InChI=1S/C23H30N4O4/c1-14(2)11-23(4,27-22(28)29)13-31-18-7-6-16(10-15(18)3)17-8-9-24-21-20(17)25-19(26-21)12-30-5/h6-10,14,27H,11-13H2,1-5H3,(H,28,29)(H,24,25,26). The van der Waals surface area contributed by atoms with Gasteiger partial charge in [0.2, 0.25) is 0 Å². The van der Waals surface area contributed by atoms with Crippen LogP contribution in [-0.2, 0) is 11.3 Å². The fraction of sp³-hybridized carbons (Fsp3) is 0.435. The Morgan fingerprint density at radius 3 is 2.74 bits per heavy atom. The first-order valence-electron chi connectivity index (χ1n) is 10.3. The van der Waals surface area contributed by atoms with Gasteiger partial charge in [0.05, 0.1) is 5.54 Å². The summed E-state index contributed by atoms with van der Waals surface area (Å²) >= 11 is 0. The van der Waals surface area contributed by atoms with Crippen molar-refractivity contribution in [2.45, 2.75) is 46.3 Å². The van der Waals surface area contributed by atoms with Crippen molar-refractivity contribution in [3.05, 3.63) is 41.9 Å². The van der Waals surface area contributed by atoms with Gasteiger partial charge in [-0.15, -0.1) is 0 Å². The molecule has 0 aliphatic heterocycles. The van der Waals surface area contributed by atoms with E-state index in [0.717, 1.165) is 33.8 Å². The number of amides is 1. The molecule has 0 saturated carbocycles. The van der Waals surface area contributed by atoms with E-state index in [-0.39, 0.29) is 6.61 Å². The minimum atomic E-state index is -1.05. The largest absolute Gasteiger partial charge is 0.491 e. The number of nitrogens with zero attached hydrogens (tertiary/aromatic N) is 2. The Bertz CT molecular complexity index is 1060. The normalized spacial score (nSPS) is 13.4. The fourth-order valence-corrected chi connectivity index (χ4v) is 3.92. The van der Waals surface area contributed by atoms with Crippen LogP contribution in [0.1, 0.15) is 38.6 Å². The molecule has 0 fully saturated rings. The van der Waals surface area contributed by atoms with Gasteiger partial charge in [-0.05, 0) is 55.5 Å². The van der Waals surface area contributed by atoms with Gasteiger partial charge in [0.25, 0.3) is 0 Å². The second-order valence-corrected chi connectivity index (χ2v) is 8.53. The number of nitrogens with one attached hydrogen (secondary N) is 2. The van der Waals surface area contributed by atoms with Crippen molar-refractivity contribution >= 4 is 17.3 Å². The van der Waals surface area contributed by atoms with Crippen molar-refractivity contribution < 1.29 is 19.4 Å². The molecule has 8 nitrogen and oxygen atoms in total. The lowest BCUT2D eigenvalue weighted by molar-refractivity contribution is 0.143. The molecule has 1 unspecified atom stereocenters. The predicted molar refractivity (Wildman–Crippen MR) is 119 cm³/mol. The van der Waals surface area contributed by atoms with Gasteiger partial charge >= 0.3 is 6.09 Å². The molecule has 1 amide bonds. The monoisotopic (exact) mass is 426 g/mol. The van der Waals surface area contributed by atoms with Crippen LogP contribution in [0.5, 0.6) is 5.75 Å². The molecule has 8 heteroatoms. The molecular formula is C23H30N4O4. The van der Waals surface area contributed by atoms with Gasteiger partial charge in [0.1, 0.15) is 30.3 Å². The maximum atomic E-state index is 11.2. The molecule has 3 N–H and O–H groups in total. The lowest BCUT2D eigenvalue weighted by Gasteiger charge is -2.31. The van der Waals surface area contributed by atoms with Crippen LogP contribution < -0.4 is 10.1 Å². The molecule has 0 aliphatic carbocycles. The van der Waals surface area contributed by atoms with Gasteiger partial charge in [-0.25, -0.2) is 14.8 Å². The number of carbonyl (C=O) groups is 1. The molecule has 1 aromatic carbocycles. The van der Waals surface area contributed by atoms with Crippen molar-refractivity contribution in [3.8, 4) is 16.9 Å². The predicted octanol–water partition coefficient (Wildman–Crippen LogP) is 4.53. The molecule has 0 saturated heterocycles. The van der Waals surface area contributed by atoms with Crippen LogP contribution in [0.4, 0.5) is 4.79 Å². The number of methoxy groups -OCH3 is 1. The highest BCUT2D eigenvalue weighted by Gasteiger charge is 2.28. The van der Waals surface area contributed by atoms with E-state index >= 15 is 0 Å². The fourth-order valence-electron chi connectivity index (χ4n) is 3.92. The lowest BCUT2D eigenvalue weighted by Crippen LogP contribution is -2.50. The minimum absolute atomic E-state index is 0.247. The van der Waals surface area contributed by atoms with E-state index in [1.165, 1.54) is 0 Å². The van der Waals surface area contributed by atoms with Crippen LogP contribution in [0.15, 0.2) is 30.5 Å². The zero-order valence-electron chi connectivity index (χ0n) is 18.7. The van der Waals surface area contributed by atoms with Crippen LogP contribution in [0, 0.1) is 12.8 Å². The molecule has 2 heterocycles. The zero-order chi connectivity index (χ0) is 22.6. The number of imidazole rings is 1. The molecule has 3 rings (SSSR count). The van der Waals surface area contributed by atoms with Crippen molar-refractivity contribution in [1.82, 2.24) is 20.3 Å². The average Bonchev–Trinajstić information content (AvgIpc) is 3.08. The number of hydrogen-bond acceptors (Lipinski definition) is 5. The van der Waals surface area contributed by atoms with Crippen molar-refractivity contribution in [1.29, 1.82) is 0 Å². The summed E-state index contributed by atoms with van der Waals surface area (Å²) in [4.78, 5) is 23.4. The quantitative estimate of drug-likeness (QED) is 0.464. The lowest BCUT2D eigenvalue weighted by atomic mass is 9.91. The van der Waals surface area contributed by atoms with Gasteiger partial charge in [-0.2, -0.15) is 0 Å². The second kappa shape index (κ2) is 9.34. The average molecular weight is 427 g/mol. The Morgan fingerprint density at radius 1 is 1.32 bits per heavy atom. The Balaban J connectivity index is 1.83. The molecule has 0 radical (unpaired) electrons. The SMILES string of the molecule is COCc1nc2c(-c3ccc(OCC(C)(CC(C)C)NC(=O)O)c(C)c3)ccnc2[nH]1. The summed E-state index contributed by atoms with van der Waals surface area (Å²) in [5.41, 5.74) is 3.76. The number of aromatic nitrogens is 3. The highest BCUT2D eigenvalue weighted by molar-refractivity contribution is 5.89. The highest BCUT2D eigenvalue weighted by Crippen LogP contribution is 2.31. The summed E-state index contributed by atoms with van der Waals surface area (Å²) in [6, 6.07) is 7.87. The number of carboxylic acid groups (broad SMARTS) is 1. The maximum absolute atomic E-state index is 11.2. The van der Waals surface area contributed by atoms with Crippen LogP contribution in [0.2, 0.25) is 0 Å². The van der Waals surface area contributed by atoms with Crippen molar-refractivity contribution in [2.75, 3.05) is 13.7 Å². The third-order valence-corrected chi connectivity index (χ3v) is 5.01. The number of aromatic amines is 1. The summed E-state index contributed by atoms with van der Waals surface area (Å²) in [7, 11) is 1.63. The Labute approximate surface area is 182 Å². The summed E-state index contributed by atoms with van der Waals surface area (Å²) in [6.07, 6.45) is 1.38. The van der Waals surface area contributed by atoms with E-state index in [1.54, 1.807) is 13.3 Å². The van der Waals surface area contributed by atoms with Gasteiger partial charge in [-0.3, -0.25) is 0 Å². The van der Waals surface area contributed by atoms with E-state index in [4.69, 9.17) is 9.47 Å². The van der Waals surface area contributed by atoms with E-state index < -0.39 is 11.6 Å². The summed E-state index contributed by atoms with van der Waals surface area (Å²) in [5.74, 6) is 1.78.